The Morgan fingerprint density at radius 3 is 2.71 bits per heavy atom. The summed E-state index contributed by atoms with van der Waals surface area (Å²) < 4.78 is 5.43. The van der Waals surface area contributed by atoms with Crippen molar-refractivity contribution in [1.82, 2.24) is 4.90 Å². The number of rotatable bonds is 2. The molecule has 2 aliphatic rings. The molecule has 1 atom stereocenters. The molecule has 3 rings (SSSR count). The fourth-order valence-corrected chi connectivity index (χ4v) is 2.97. The highest BCUT2D eigenvalue weighted by Crippen LogP contribution is 2.35. The van der Waals surface area contributed by atoms with Crippen LogP contribution in [0.4, 0.5) is 0 Å². The molecule has 92 valence electrons. The predicted molar refractivity (Wildman–Crippen MR) is 67.6 cm³/mol. The second-order valence-corrected chi connectivity index (χ2v) is 5.38. The third-order valence-corrected chi connectivity index (χ3v) is 4.04. The van der Waals surface area contributed by atoms with Crippen LogP contribution in [0.1, 0.15) is 18.4 Å². The number of piperidine rings is 1. The molecule has 3 heteroatoms. The SMILES string of the molecule is N[C@H]1CCN(Cc2ccccc2)C2(COC2)C1. The van der Waals surface area contributed by atoms with Gasteiger partial charge < -0.3 is 10.5 Å². The summed E-state index contributed by atoms with van der Waals surface area (Å²) >= 11 is 0. The van der Waals surface area contributed by atoms with E-state index in [1.54, 1.807) is 0 Å². The van der Waals surface area contributed by atoms with E-state index in [1.807, 2.05) is 0 Å². The Hall–Kier alpha value is -0.900. The van der Waals surface area contributed by atoms with Gasteiger partial charge in [0, 0.05) is 19.1 Å². The van der Waals surface area contributed by atoms with Crippen molar-refractivity contribution in [3.05, 3.63) is 35.9 Å². The lowest BCUT2D eigenvalue weighted by molar-refractivity contribution is -0.162. The summed E-state index contributed by atoms with van der Waals surface area (Å²) in [6.07, 6.45) is 2.19. The molecule has 0 aliphatic carbocycles. The van der Waals surface area contributed by atoms with Gasteiger partial charge >= 0.3 is 0 Å². The summed E-state index contributed by atoms with van der Waals surface area (Å²) in [6.45, 7) is 3.83. The number of benzene rings is 1. The molecular weight excluding hydrogens is 212 g/mol. The maximum Gasteiger partial charge on any atom is 0.0696 e. The van der Waals surface area contributed by atoms with Gasteiger partial charge in [-0.05, 0) is 18.4 Å². The van der Waals surface area contributed by atoms with Crippen LogP contribution in [0.2, 0.25) is 0 Å². The number of nitrogens with zero attached hydrogens (tertiary/aromatic N) is 1. The fourth-order valence-electron chi connectivity index (χ4n) is 2.97. The Morgan fingerprint density at radius 1 is 1.29 bits per heavy atom. The number of nitrogens with two attached hydrogens (primary N) is 1. The van der Waals surface area contributed by atoms with Gasteiger partial charge in [-0.1, -0.05) is 30.3 Å². The van der Waals surface area contributed by atoms with E-state index in [2.05, 4.69) is 35.2 Å². The van der Waals surface area contributed by atoms with Gasteiger partial charge in [-0.25, -0.2) is 0 Å². The summed E-state index contributed by atoms with van der Waals surface area (Å²) in [4.78, 5) is 2.56. The molecule has 0 unspecified atom stereocenters. The zero-order valence-corrected chi connectivity index (χ0v) is 10.1. The van der Waals surface area contributed by atoms with Crippen molar-refractivity contribution in [2.24, 2.45) is 5.73 Å². The van der Waals surface area contributed by atoms with Gasteiger partial charge in [0.1, 0.15) is 0 Å². The monoisotopic (exact) mass is 232 g/mol. The summed E-state index contributed by atoms with van der Waals surface area (Å²) in [5.41, 5.74) is 7.71. The molecule has 2 aliphatic heterocycles. The first-order valence-electron chi connectivity index (χ1n) is 6.41. The molecular formula is C14H20N2O. The molecule has 1 aromatic carbocycles. The standard InChI is InChI=1S/C14H20N2O/c15-13-6-7-16(14(8-13)10-17-11-14)9-12-4-2-1-3-5-12/h1-5,13H,6-11,15H2/t13-/m0/s1. The molecule has 17 heavy (non-hydrogen) atoms. The zero-order chi connectivity index (χ0) is 11.7. The summed E-state index contributed by atoms with van der Waals surface area (Å²) in [5, 5.41) is 0. The molecule has 2 heterocycles. The molecule has 1 spiro atoms. The van der Waals surface area contributed by atoms with Crippen LogP contribution < -0.4 is 5.73 Å². The van der Waals surface area contributed by atoms with Gasteiger partial charge in [0.2, 0.25) is 0 Å². The molecule has 2 fully saturated rings. The topological polar surface area (TPSA) is 38.5 Å². The lowest BCUT2D eigenvalue weighted by Crippen LogP contribution is -2.66. The lowest BCUT2D eigenvalue weighted by Gasteiger charge is -2.54. The number of likely N-dealkylation sites (tertiary alicyclic amines) is 1. The number of hydrogen-bond acceptors (Lipinski definition) is 3. The molecule has 3 nitrogen and oxygen atoms in total. The van der Waals surface area contributed by atoms with Crippen molar-refractivity contribution < 1.29 is 4.74 Å². The largest absolute Gasteiger partial charge is 0.377 e. The van der Waals surface area contributed by atoms with Crippen LogP contribution in [0.15, 0.2) is 30.3 Å². The minimum Gasteiger partial charge on any atom is -0.377 e. The van der Waals surface area contributed by atoms with Crippen LogP contribution in [0.25, 0.3) is 0 Å². The van der Waals surface area contributed by atoms with Gasteiger partial charge in [0.05, 0.1) is 18.8 Å². The van der Waals surface area contributed by atoms with Crippen LogP contribution in [0.3, 0.4) is 0 Å². The van der Waals surface area contributed by atoms with E-state index < -0.39 is 0 Å². The fraction of sp³-hybridized carbons (Fsp3) is 0.571. The first-order chi connectivity index (χ1) is 8.28. The lowest BCUT2D eigenvalue weighted by atomic mass is 9.82. The minimum atomic E-state index is 0.230. The van der Waals surface area contributed by atoms with Crippen LogP contribution in [-0.4, -0.2) is 36.2 Å². The summed E-state index contributed by atoms with van der Waals surface area (Å²) in [7, 11) is 0. The van der Waals surface area contributed by atoms with Gasteiger partial charge in [0.25, 0.3) is 0 Å². The van der Waals surface area contributed by atoms with Gasteiger partial charge in [0.15, 0.2) is 0 Å². The Labute approximate surface area is 103 Å². The molecule has 2 N–H and O–H groups in total. The second-order valence-electron chi connectivity index (χ2n) is 5.38. The summed E-state index contributed by atoms with van der Waals surface area (Å²) in [5.74, 6) is 0. The molecule has 0 saturated carbocycles. The first-order valence-corrected chi connectivity index (χ1v) is 6.41. The highest BCUT2D eigenvalue weighted by Gasteiger charge is 2.47. The number of hydrogen-bond donors (Lipinski definition) is 1. The van der Waals surface area contributed by atoms with Crippen molar-refractivity contribution in [3.8, 4) is 0 Å². The van der Waals surface area contributed by atoms with E-state index in [4.69, 9.17) is 10.5 Å². The van der Waals surface area contributed by atoms with Crippen molar-refractivity contribution in [3.63, 3.8) is 0 Å². The van der Waals surface area contributed by atoms with E-state index in [0.29, 0.717) is 6.04 Å². The maximum atomic E-state index is 6.09. The normalized spacial score (nSPS) is 27.9. The van der Waals surface area contributed by atoms with Crippen LogP contribution in [-0.2, 0) is 11.3 Å². The van der Waals surface area contributed by atoms with E-state index >= 15 is 0 Å². The molecule has 2 saturated heterocycles. The molecule has 0 radical (unpaired) electrons. The second kappa shape index (κ2) is 4.41. The zero-order valence-electron chi connectivity index (χ0n) is 10.1. The maximum absolute atomic E-state index is 6.09. The molecule has 0 amide bonds. The average molecular weight is 232 g/mol. The van der Waals surface area contributed by atoms with E-state index in [0.717, 1.165) is 39.1 Å². The smallest absolute Gasteiger partial charge is 0.0696 e. The van der Waals surface area contributed by atoms with Crippen LogP contribution in [0, 0.1) is 0 Å². The average Bonchev–Trinajstić information content (AvgIpc) is 2.31. The quantitative estimate of drug-likeness (QED) is 0.837. The van der Waals surface area contributed by atoms with Crippen LogP contribution >= 0.6 is 0 Å². The molecule has 0 bridgehead atoms. The van der Waals surface area contributed by atoms with E-state index in [-0.39, 0.29) is 5.54 Å². The van der Waals surface area contributed by atoms with Gasteiger partial charge in [-0.15, -0.1) is 0 Å². The molecule has 1 aromatic rings. The Balaban J connectivity index is 1.73. The number of ether oxygens (including phenoxy) is 1. The van der Waals surface area contributed by atoms with Crippen molar-refractivity contribution in [2.45, 2.75) is 31.0 Å². The third kappa shape index (κ3) is 2.10. The van der Waals surface area contributed by atoms with Crippen molar-refractivity contribution in [2.75, 3.05) is 19.8 Å². The Morgan fingerprint density at radius 2 is 2.06 bits per heavy atom. The van der Waals surface area contributed by atoms with Gasteiger partial charge in [-0.3, -0.25) is 4.90 Å². The minimum absolute atomic E-state index is 0.230. The third-order valence-electron chi connectivity index (χ3n) is 4.04. The Bertz CT molecular complexity index is 375. The molecule has 0 aromatic heterocycles. The van der Waals surface area contributed by atoms with E-state index in [9.17, 15) is 0 Å². The van der Waals surface area contributed by atoms with Gasteiger partial charge in [-0.2, -0.15) is 0 Å². The Kier molecular flexibility index (Phi) is 2.90. The van der Waals surface area contributed by atoms with Crippen molar-refractivity contribution in [1.29, 1.82) is 0 Å². The predicted octanol–water partition coefficient (Wildman–Crippen LogP) is 1.38. The highest BCUT2D eigenvalue weighted by molar-refractivity contribution is 5.16. The first kappa shape index (κ1) is 11.2. The van der Waals surface area contributed by atoms with E-state index in [1.165, 1.54) is 5.56 Å². The summed E-state index contributed by atoms with van der Waals surface area (Å²) in [6, 6.07) is 11.0. The van der Waals surface area contributed by atoms with Crippen molar-refractivity contribution >= 4 is 0 Å². The highest BCUT2D eigenvalue weighted by atomic mass is 16.5. The van der Waals surface area contributed by atoms with Crippen LogP contribution in [0.5, 0.6) is 0 Å².